The lowest BCUT2D eigenvalue weighted by Crippen LogP contribution is -2.38. The maximum atomic E-state index is 11.6. The van der Waals surface area contributed by atoms with Gasteiger partial charge in [0.25, 0.3) is 0 Å². The van der Waals surface area contributed by atoms with E-state index in [1.165, 1.54) is 10.9 Å². The van der Waals surface area contributed by atoms with Crippen molar-refractivity contribution in [1.82, 2.24) is 20.5 Å². The van der Waals surface area contributed by atoms with Crippen LogP contribution in [-0.2, 0) is 19.4 Å². The number of sulfone groups is 1. The highest BCUT2D eigenvalue weighted by Crippen LogP contribution is 2.29. The monoisotopic (exact) mass is 387 g/mol. The molecule has 1 saturated heterocycles. The fraction of sp³-hybridized carbons (Fsp3) is 0.571. The highest BCUT2D eigenvalue weighted by atomic mass is 35.5. The molecule has 2 fully saturated rings. The summed E-state index contributed by atoms with van der Waals surface area (Å²) < 4.78 is 24.7. The molecule has 2 N–H and O–H groups in total. The quantitative estimate of drug-likeness (QED) is 0.425. The highest BCUT2D eigenvalue weighted by molar-refractivity contribution is 7.91. The van der Waals surface area contributed by atoms with E-state index in [-0.39, 0.29) is 28.7 Å². The Bertz CT molecular complexity index is 844. The average Bonchev–Trinajstić information content (AvgIpc) is 3.22. The molecule has 1 saturated carbocycles. The van der Waals surface area contributed by atoms with Gasteiger partial charge >= 0.3 is 11.8 Å². The first-order valence-corrected chi connectivity index (χ1v) is 10.1. The van der Waals surface area contributed by atoms with E-state index >= 15 is 0 Å². The van der Waals surface area contributed by atoms with E-state index in [1.54, 1.807) is 6.92 Å². The first kappa shape index (κ1) is 17.9. The maximum absolute atomic E-state index is 11.6. The van der Waals surface area contributed by atoms with Gasteiger partial charge in [-0.3, -0.25) is 9.59 Å². The van der Waals surface area contributed by atoms with E-state index in [4.69, 9.17) is 11.6 Å². The Morgan fingerprint density at radius 2 is 2.04 bits per heavy atom. The van der Waals surface area contributed by atoms with Gasteiger partial charge < -0.3 is 5.32 Å². The lowest BCUT2D eigenvalue weighted by atomic mass is 10.2. The molecule has 2 heterocycles. The van der Waals surface area contributed by atoms with Crippen LogP contribution >= 0.6 is 11.6 Å². The topological polar surface area (TPSA) is 123 Å². The highest BCUT2D eigenvalue weighted by Gasteiger charge is 2.32. The van der Waals surface area contributed by atoms with Gasteiger partial charge in [-0.2, -0.15) is 10.2 Å². The first-order valence-electron chi connectivity index (χ1n) is 7.86. The molecule has 1 atom stereocenters. The number of nitrogens with zero attached hydrogens (tertiary/aromatic N) is 3. The van der Waals surface area contributed by atoms with Crippen molar-refractivity contribution >= 4 is 39.5 Å². The summed E-state index contributed by atoms with van der Waals surface area (Å²) >= 11 is 6.28. The third-order valence-electron chi connectivity index (χ3n) is 4.10. The summed E-state index contributed by atoms with van der Waals surface area (Å²) in [5.74, 6) is -1.47. The molecule has 9 nitrogen and oxygen atoms in total. The molecule has 0 aromatic carbocycles. The Kier molecular flexibility index (Phi) is 4.83. The molecule has 11 heteroatoms. The van der Waals surface area contributed by atoms with Crippen LogP contribution in [0.3, 0.4) is 0 Å². The van der Waals surface area contributed by atoms with Crippen molar-refractivity contribution in [2.24, 2.45) is 5.10 Å². The fourth-order valence-electron chi connectivity index (χ4n) is 2.57. The van der Waals surface area contributed by atoms with Gasteiger partial charge in [0.05, 0.1) is 35.0 Å². The van der Waals surface area contributed by atoms with Crippen LogP contribution in [-0.4, -0.2) is 53.8 Å². The molecule has 0 unspecified atom stereocenters. The SMILES string of the molecule is Cc1nn([C@H]2CCS(=O)(=O)C2)c(Cl)c1/C=N\NC(=O)C(=O)NC1CC1. The molecule has 2 aliphatic rings. The minimum atomic E-state index is -3.06. The summed E-state index contributed by atoms with van der Waals surface area (Å²) in [5, 5.41) is 10.8. The molecule has 136 valence electrons. The van der Waals surface area contributed by atoms with E-state index < -0.39 is 21.7 Å². The molecular weight excluding hydrogens is 370 g/mol. The second kappa shape index (κ2) is 6.75. The number of aromatic nitrogens is 2. The van der Waals surface area contributed by atoms with Gasteiger partial charge in [0, 0.05) is 6.04 Å². The normalized spacial score (nSPS) is 22.2. The Hall–Kier alpha value is -1.94. The van der Waals surface area contributed by atoms with Gasteiger partial charge in [0.1, 0.15) is 5.15 Å². The molecule has 3 rings (SSSR count). The largest absolute Gasteiger partial charge is 0.345 e. The second-order valence-electron chi connectivity index (χ2n) is 6.24. The van der Waals surface area contributed by atoms with Crippen LogP contribution < -0.4 is 10.7 Å². The van der Waals surface area contributed by atoms with Crippen LogP contribution in [0.25, 0.3) is 0 Å². The van der Waals surface area contributed by atoms with E-state index in [9.17, 15) is 18.0 Å². The maximum Gasteiger partial charge on any atom is 0.329 e. The summed E-state index contributed by atoms with van der Waals surface area (Å²) in [6.45, 7) is 1.70. The van der Waals surface area contributed by atoms with E-state index in [2.05, 4.69) is 20.9 Å². The van der Waals surface area contributed by atoms with Crippen LogP contribution in [0.15, 0.2) is 5.10 Å². The molecule has 25 heavy (non-hydrogen) atoms. The molecule has 0 spiro atoms. The van der Waals surface area contributed by atoms with Gasteiger partial charge in [0.15, 0.2) is 9.84 Å². The van der Waals surface area contributed by atoms with Crippen molar-refractivity contribution in [2.45, 2.75) is 38.3 Å². The van der Waals surface area contributed by atoms with E-state index in [0.717, 1.165) is 12.8 Å². The standard InChI is InChI=1S/C14H18ClN5O4S/c1-8-11(6-16-18-14(22)13(21)17-9-2-3-9)12(15)20(19-8)10-4-5-25(23,24)7-10/h6,9-10H,2-5,7H2,1H3,(H,17,21)(H,18,22)/b16-6-/t10-/m0/s1. The summed E-state index contributed by atoms with van der Waals surface area (Å²) in [6, 6.07) is -0.225. The third kappa shape index (κ3) is 4.18. The van der Waals surface area contributed by atoms with Crippen molar-refractivity contribution in [3.05, 3.63) is 16.4 Å². The van der Waals surface area contributed by atoms with Crippen LogP contribution in [0.5, 0.6) is 0 Å². The summed E-state index contributed by atoms with van der Waals surface area (Å²) in [7, 11) is -3.06. The number of hydrazone groups is 1. The molecule has 1 aliphatic carbocycles. The van der Waals surface area contributed by atoms with Gasteiger partial charge in [-0.1, -0.05) is 11.6 Å². The molecule has 0 radical (unpaired) electrons. The van der Waals surface area contributed by atoms with Crippen LogP contribution in [0, 0.1) is 6.92 Å². The zero-order chi connectivity index (χ0) is 18.2. The summed E-state index contributed by atoms with van der Waals surface area (Å²) in [6.07, 6.45) is 3.52. The number of nitrogens with one attached hydrogen (secondary N) is 2. The van der Waals surface area contributed by atoms with E-state index in [1.807, 2.05) is 0 Å². The number of halogens is 1. The number of rotatable bonds is 4. The zero-order valence-electron chi connectivity index (χ0n) is 13.5. The minimum Gasteiger partial charge on any atom is -0.345 e. The predicted octanol–water partition coefficient (Wildman–Crippen LogP) is -0.0668. The molecular formula is C14H18ClN5O4S. The average molecular weight is 388 g/mol. The van der Waals surface area contributed by atoms with Crippen LogP contribution in [0.4, 0.5) is 0 Å². The number of carbonyl (C=O) groups excluding carboxylic acids is 2. The van der Waals surface area contributed by atoms with Crippen LogP contribution in [0.1, 0.15) is 36.6 Å². The molecule has 1 aromatic rings. The summed E-state index contributed by atoms with van der Waals surface area (Å²) in [5.41, 5.74) is 3.15. The van der Waals surface area contributed by atoms with Gasteiger partial charge in [-0.15, -0.1) is 0 Å². The predicted molar refractivity (Wildman–Crippen MR) is 91.2 cm³/mol. The number of hydrogen-bond acceptors (Lipinski definition) is 6. The number of hydrogen-bond donors (Lipinski definition) is 2. The van der Waals surface area contributed by atoms with Crippen molar-refractivity contribution in [2.75, 3.05) is 11.5 Å². The summed E-state index contributed by atoms with van der Waals surface area (Å²) in [4.78, 5) is 23.1. The first-order chi connectivity index (χ1) is 11.8. The molecule has 1 aromatic heterocycles. The lowest BCUT2D eigenvalue weighted by Gasteiger charge is -2.09. The number of aryl methyl sites for hydroxylation is 1. The molecule has 0 bridgehead atoms. The number of amides is 2. The van der Waals surface area contributed by atoms with Crippen molar-refractivity contribution in [3.8, 4) is 0 Å². The van der Waals surface area contributed by atoms with Crippen molar-refractivity contribution < 1.29 is 18.0 Å². The smallest absolute Gasteiger partial charge is 0.329 e. The third-order valence-corrected chi connectivity index (χ3v) is 6.23. The van der Waals surface area contributed by atoms with Gasteiger partial charge in [-0.05, 0) is 26.2 Å². The molecule has 2 amide bonds. The zero-order valence-corrected chi connectivity index (χ0v) is 15.1. The Balaban J connectivity index is 1.66. The van der Waals surface area contributed by atoms with Crippen molar-refractivity contribution in [3.63, 3.8) is 0 Å². The fourth-order valence-corrected chi connectivity index (χ4v) is 4.63. The molecule has 1 aliphatic heterocycles. The lowest BCUT2D eigenvalue weighted by molar-refractivity contribution is -0.139. The van der Waals surface area contributed by atoms with Crippen molar-refractivity contribution in [1.29, 1.82) is 0 Å². The Labute approximate surface area is 149 Å². The minimum absolute atomic E-state index is 0.00248. The Morgan fingerprint density at radius 1 is 1.32 bits per heavy atom. The van der Waals surface area contributed by atoms with E-state index in [0.29, 0.717) is 17.7 Å². The Morgan fingerprint density at radius 3 is 2.64 bits per heavy atom. The van der Waals surface area contributed by atoms with Gasteiger partial charge in [-0.25, -0.2) is 18.5 Å². The van der Waals surface area contributed by atoms with Gasteiger partial charge in [0.2, 0.25) is 0 Å². The second-order valence-corrected chi connectivity index (χ2v) is 8.82. The number of carbonyl (C=O) groups is 2. The van der Waals surface area contributed by atoms with Crippen LogP contribution in [0.2, 0.25) is 5.15 Å².